The quantitative estimate of drug-likeness (QED) is 0.258. The number of urea groups is 1. The van der Waals surface area contributed by atoms with Gasteiger partial charge in [-0.1, -0.05) is 52.5 Å². The molecule has 8 nitrogen and oxygen atoms in total. The molecule has 0 aromatic heterocycles. The fourth-order valence-corrected chi connectivity index (χ4v) is 4.10. The standard InChI is InChI=1S/C26H17Cl4N3O5/c1-13-2-5-17(11-20(13)29)33-25(36)18(24(35)32-26(33)37)9-14-8-15(27)3-7-22(14)38-12-23(34)31-16-4-6-19(28)21(30)10-16/h2-11H,12H2,1H3,(H,31,34)(H,32,35,37)/b18-9+. The van der Waals surface area contributed by atoms with Crippen molar-refractivity contribution >= 4 is 87.6 Å². The SMILES string of the molecule is Cc1ccc(N2C(=O)NC(=O)/C(=C\c3cc(Cl)ccc3OCC(=O)Nc3ccc(Cl)c(Cl)c3)C2=O)cc1Cl. The van der Waals surface area contributed by atoms with Crippen molar-refractivity contribution in [3.05, 3.63) is 91.4 Å². The molecule has 12 heteroatoms. The lowest BCUT2D eigenvalue weighted by Gasteiger charge is -2.26. The van der Waals surface area contributed by atoms with Gasteiger partial charge in [-0.05, 0) is 67.1 Å². The van der Waals surface area contributed by atoms with E-state index in [4.69, 9.17) is 51.1 Å². The van der Waals surface area contributed by atoms with Gasteiger partial charge in [0.2, 0.25) is 0 Å². The summed E-state index contributed by atoms with van der Waals surface area (Å²) in [6, 6.07) is 12.8. The highest BCUT2D eigenvalue weighted by Crippen LogP contribution is 2.30. The van der Waals surface area contributed by atoms with E-state index in [9.17, 15) is 19.2 Å². The summed E-state index contributed by atoms with van der Waals surface area (Å²) in [6.45, 7) is 1.36. The van der Waals surface area contributed by atoms with Crippen molar-refractivity contribution in [3.8, 4) is 5.75 Å². The zero-order valence-electron chi connectivity index (χ0n) is 19.5. The van der Waals surface area contributed by atoms with Gasteiger partial charge in [0, 0.05) is 21.3 Å². The number of anilines is 2. The molecule has 0 spiro atoms. The van der Waals surface area contributed by atoms with Crippen molar-refractivity contribution < 1.29 is 23.9 Å². The number of amides is 5. The predicted octanol–water partition coefficient (Wildman–Crippen LogP) is 6.29. The number of carbonyl (C=O) groups excluding carboxylic acids is 4. The van der Waals surface area contributed by atoms with Crippen LogP contribution < -0.4 is 20.3 Å². The van der Waals surface area contributed by atoms with E-state index in [1.807, 2.05) is 0 Å². The second-order valence-electron chi connectivity index (χ2n) is 8.04. The Morgan fingerprint density at radius 1 is 0.947 bits per heavy atom. The summed E-state index contributed by atoms with van der Waals surface area (Å²) in [7, 11) is 0. The zero-order valence-corrected chi connectivity index (χ0v) is 22.5. The van der Waals surface area contributed by atoms with Crippen molar-refractivity contribution in [3.63, 3.8) is 0 Å². The molecule has 0 unspecified atom stereocenters. The maximum absolute atomic E-state index is 13.2. The number of halogens is 4. The smallest absolute Gasteiger partial charge is 0.335 e. The Labute approximate surface area is 237 Å². The summed E-state index contributed by atoms with van der Waals surface area (Å²) in [6.07, 6.45) is 1.23. The number of rotatable bonds is 6. The third-order valence-electron chi connectivity index (χ3n) is 5.35. The van der Waals surface area contributed by atoms with Gasteiger partial charge >= 0.3 is 6.03 Å². The zero-order chi connectivity index (χ0) is 27.6. The summed E-state index contributed by atoms with van der Waals surface area (Å²) in [4.78, 5) is 51.6. The van der Waals surface area contributed by atoms with E-state index in [-0.39, 0.29) is 32.6 Å². The molecule has 1 heterocycles. The molecule has 5 amide bonds. The van der Waals surface area contributed by atoms with Crippen LogP contribution in [0.4, 0.5) is 16.2 Å². The van der Waals surface area contributed by atoms with Crippen molar-refractivity contribution in [2.45, 2.75) is 6.92 Å². The molecule has 1 saturated heterocycles. The van der Waals surface area contributed by atoms with E-state index >= 15 is 0 Å². The third kappa shape index (κ3) is 6.11. The molecule has 1 fully saturated rings. The molecule has 0 radical (unpaired) electrons. The molecule has 194 valence electrons. The van der Waals surface area contributed by atoms with Crippen molar-refractivity contribution in [2.24, 2.45) is 0 Å². The van der Waals surface area contributed by atoms with E-state index in [2.05, 4.69) is 10.6 Å². The highest BCUT2D eigenvalue weighted by Gasteiger charge is 2.37. The van der Waals surface area contributed by atoms with Crippen molar-refractivity contribution in [1.82, 2.24) is 5.32 Å². The first-order chi connectivity index (χ1) is 18.0. The molecular formula is C26H17Cl4N3O5. The number of hydrogen-bond acceptors (Lipinski definition) is 5. The number of nitrogens with zero attached hydrogens (tertiary/aromatic N) is 1. The molecule has 0 atom stereocenters. The van der Waals surface area contributed by atoms with Crippen molar-refractivity contribution in [1.29, 1.82) is 0 Å². The largest absolute Gasteiger partial charge is 0.483 e. The molecule has 0 bridgehead atoms. The maximum Gasteiger partial charge on any atom is 0.335 e. The summed E-state index contributed by atoms with van der Waals surface area (Å²) < 4.78 is 5.64. The van der Waals surface area contributed by atoms with E-state index in [0.29, 0.717) is 15.7 Å². The van der Waals surface area contributed by atoms with Crippen LogP contribution in [0.3, 0.4) is 0 Å². The lowest BCUT2D eigenvalue weighted by Crippen LogP contribution is -2.54. The molecule has 0 aliphatic carbocycles. The molecule has 1 aliphatic rings. The number of hydrogen-bond donors (Lipinski definition) is 2. The summed E-state index contributed by atoms with van der Waals surface area (Å²) >= 11 is 24.2. The number of carbonyl (C=O) groups is 4. The minimum atomic E-state index is -0.918. The maximum atomic E-state index is 13.2. The Balaban J connectivity index is 1.58. The molecule has 1 aliphatic heterocycles. The lowest BCUT2D eigenvalue weighted by molar-refractivity contribution is -0.122. The van der Waals surface area contributed by atoms with E-state index in [0.717, 1.165) is 10.5 Å². The predicted molar refractivity (Wildman–Crippen MR) is 147 cm³/mol. The first-order valence-electron chi connectivity index (χ1n) is 10.9. The van der Waals surface area contributed by atoms with E-state index in [1.54, 1.807) is 19.1 Å². The number of aryl methyl sites for hydroxylation is 1. The Morgan fingerprint density at radius 3 is 2.42 bits per heavy atom. The minimum Gasteiger partial charge on any atom is -0.483 e. The molecule has 3 aromatic rings. The topological polar surface area (TPSA) is 105 Å². The molecule has 2 N–H and O–H groups in total. The highest BCUT2D eigenvalue weighted by molar-refractivity contribution is 6.42. The fraction of sp³-hybridized carbons (Fsp3) is 0.0769. The molecule has 38 heavy (non-hydrogen) atoms. The highest BCUT2D eigenvalue weighted by atomic mass is 35.5. The number of benzene rings is 3. The second-order valence-corrected chi connectivity index (χ2v) is 9.70. The Bertz CT molecular complexity index is 1520. The van der Waals surface area contributed by atoms with Gasteiger partial charge in [-0.3, -0.25) is 19.7 Å². The van der Waals surface area contributed by atoms with Crippen LogP contribution in [0.15, 0.2) is 60.2 Å². The van der Waals surface area contributed by atoms with Gasteiger partial charge < -0.3 is 10.1 Å². The van der Waals surface area contributed by atoms with Crippen LogP contribution in [-0.4, -0.2) is 30.4 Å². The van der Waals surface area contributed by atoms with E-state index in [1.165, 1.54) is 48.5 Å². The van der Waals surface area contributed by atoms with Gasteiger partial charge in [-0.15, -0.1) is 0 Å². The first-order valence-corrected chi connectivity index (χ1v) is 12.4. The summed E-state index contributed by atoms with van der Waals surface area (Å²) in [5.41, 5.74) is 1.22. The Morgan fingerprint density at radius 2 is 1.71 bits per heavy atom. The first kappa shape index (κ1) is 27.5. The fourth-order valence-electron chi connectivity index (χ4n) is 3.45. The monoisotopic (exact) mass is 591 g/mol. The number of imide groups is 2. The average molecular weight is 593 g/mol. The number of nitrogens with one attached hydrogen (secondary N) is 2. The van der Waals surface area contributed by atoms with Crippen LogP contribution in [0.25, 0.3) is 6.08 Å². The molecular weight excluding hydrogens is 576 g/mol. The van der Waals surface area contributed by atoms with Crippen LogP contribution in [0.2, 0.25) is 20.1 Å². The lowest BCUT2D eigenvalue weighted by atomic mass is 10.1. The van der Waals surface area contributed by atoms with Crippen LogP contribution in [-0.2, 0) is 14.4 Å². The number of ether oxygens (including phenoxy) is 1. The molecule has 0 saturated carbocycles. The average Bonchev–Trinajstić information content (AvgIpc) is 2.85. The van der Waals surface area contributed by atoms with Crippen molar-refractivity contribution in [2.75, 3.05) is 16.8 Å². The summed E-state index contributed by atoms with van der Waals surface area (Å²) in [5, 5.41) is 6.00. The third-order valence-corrected chi connectivity index (χ3v) is 6.73. The van der Waals surface area contributed by atoms with E-state index < -0.39 is 30.4 Å². The summed E-state index contributed by atoms with van der Waals surface area (Å²) in [5.74, 6) is -2.12. The Hall–Kier alpha value is -3.56. The van der Waals surface area contributed by atoms with Gasteiger partial charge in [0.1, 0.15) is 11.3 Å². The van der Waals surface area contributed by atoms with Gasteiger partial charge in [0.15, 0.2) is 6.61 Å². The van der Waals surface area contributed by atoms with Crippen LogP contribution in [0, 0.1) is 6.92 Å². The van der Waals surface area contributed by atoms with Gasteiger partial charge in [-0.25, -0.2) is 9.69 Å². The van der Waals surface area contributed by atoms with Crippen LogP contribution in [0.1, 0.15) is 11.1 Å². The molecule has 3 aromatic carbocycles. The van der Waals surface area contributed by atoms with Crippen LogP contribution >= 0.6 is 46.4 Å². The van der Waals surface area contributed by atoms with Gasteiger partial charge in [0.25, 0.3) is 17.7 Å². The molecule has 4 rings (SSSR count). The minimum absolute atomic E-state index is 0.161. The normalized spacial score (nSPS) is 14.5. The van der Waals surface area contributed by atoms with Gasteiger partial charge in [-0.2, -0.15) is 0 Å². The van der Waals surface area contributed by atoms with Crippen LogP contribution in [0.5, 0.6) is 5.75 Å². The number of barbiturate groups is 1. The Kier molecular flexibility index (Phi) is 8.28. The second kappa shape index (κ2) is 11.4. The van der Waals surface area contributed by atoms with Gasteiger partial charge in [0.05, 0.1) is 15.7 Å².